The van der Waals surface area contributed by atoms with Crippen LogP contribution in [-0.2, 0) is 14.9 Å². The maximum Gasteiger partial charge on any atom is 0.270 e. The third-order valence-corrected chi connectivity index (χ3v) is 4.63. The number of phenolic OH excluding ortho intramolecular Hbond substituents is 1. The Hall–Kier alpha value is -1.37. The lowest BCUT2D eigenvalue weighted by atomic mass is 9.93. The number of benzene rings is 1. The number of fused-ring (bicyclic) bond motifs is 2. The zero-order valence-electron chi connectivity index (χ0n) is 9.35. The maximum atomic E-state index is 11.1. The predicted octanol–water partition coefficient (Wildman–Crippen LogP) is 1.20. The molecular weight excluding hydrogens is 256 g/mol. The van der Waals surface area contributed by atoms with Gasteiger partial charge in [-0.1, -0.05) is 12.1 Å². The predicted molar refractivity (Wildman–Crippen MR) is 64.7 cm³/mol. The molecule has 3 rings (SSSR count). The van der Waals surface area contributed by atoms with Crippen LogP contribution in [0.1, 0.15) is 12.0 Å². The fourth-order valence-corrected chi connectivity index (χ4v) is 3.44. The highest BCUT2D eigenvalue weighted by Gasteiger charge is 2.47. The Morgan fingerprint density at radius 1 is 1.22 bits per heavy atom. The van der Waals surface area contributed by atoms with Crippen LogP contribution in [0.5, 0.6) is 5.75 Å². The molecule has 96 valence electrons. The van der Waals surface area contributed by atoms with E-state index in [2.05, 4.69) is 0 Å². The summed E-state index contributed by atoms with van der Waals surface area (Å²) < 4.78 is 36.8. The van der Waals surface area contributed by atoms with E-state index in [0.717, 1.165) is 11.1 Å². The van der Waals surface area contributed by atoms with Crippen LogP contribution in [0.2, 0.25) is 0 Å². The van der Waals surface area contributed by atoms with Crippen LogP contribution in [0.15, 0.2) is 30.3 Å². The Bertz CT molecular complexity index is 602. The van der Waals surface area contributed by atoms with Crippen molar-refractivity contribution in [2.24, 2.45) is 0 Å². The minimum absolute atomic E-state index is 0.180. The number of hydrogen-bond acceptors (Lipinski definition) is 4. The molecule has 1 saturated heterocycles. The summed E-state index contributed by atoms with van der Waals surface area (Å²) in [6.07, 6.45) is 1.13. The smallest absolute Gasteiger partial charge is 0.270 e. The van der Waals surface area contributed by atoms with Crippen LogP contribution in [-0.4, -0.2) is 35.5 Å². The molecular formula is C12H12O5S. The maximum absolute atomic E-state index is 11.1. The molecule has 2 bridgehead atoms. The van der Waals surface area contributed by atoms with Crippen molar-refractivity contribution in [1.82, 2.24) is 0 Å². The molecule has 0 aliphatic carbocycles. The van der Waals surface area contributed by atoms with Crippen molar-refractivity contribution in [3.05, 3.63) is 35.9 Å². The first-order chi connectivity index (χ1) is 8.45. The lowest BCUT2D eigenvalue weighted by Gasteiger charge is -2.15. The molecule has 0 amide bonds. The van der Waals surface area contributed by atoms with Crippen molar-refractivity contribution in [2.45, 2.75) is 23.9 Å². The van der Waals surface area contributed by atoms with E-state index in [-0.39, 0.29) is 18.3 Å². The van der Waals surface area contributed by atoms with Crippen molar-refractivity contribution < 1.29 is 22.8 Å². The van der Waals surface area contributed by atoms with Crippen LogP contribution in [0.25, 0.3) is 5.57 Å². The van der Waals surface area contributed by atoms with Crippen LogP contribution in [0, 0.1) is 0 Å². The van der Waals surface area contributed by atoms with Gasteiger partial charge in [-0.15, -0.1) is 0 Å². The third kappa shape index (κ3) is 1.82. The summed E-state index contributed by atoms with van der Waals surface area (Å²) in [5, 5.41) is 8.36. The lowest BCUT2D eigenvalue weighted by Crippen LogP contribution is -2.29. The number of aromatic hydroxyl groups is 1. The van der Waals surface area contributed by atoms with Crippen molar-refractivity contribution in [3.63, 3.8) is 0 Å². The van der Waals surface area contributed by atoms with E-state index >= 15 is 0 Å². The summed E-state index contributed by atoms with van der Waals surface area (Å²) in [5.41, 5.74) is 1.81. The van der Waals surface area contributed by atoms with Gasteiger partial charge in [0.05, 0.1) is 12.2 Å². The van der Waals surface area contributed by atoms with E-state index < -0.39 is 21.5 Å². The van der Waals surface area contributed by atoms with E-state index in [1.54, 1.807) is 30.3 Å². The number of phenols is 1. The van der Waals surface area contributed by atoms with Crippen LogP contribution in [0.3, 0.4) is 0 Å². The van der Waals surface area contributed by atoms with Gasteiger partial charge in [0.15, 0.2) is 0 Å². The molecule has 0 aromatic heterocycles. The molecule has 2 N–H and O–H groups in total. The summed E-state index contributed by atoms with van der Waals surface area (Å²) in [4.78, 5) is 0. The van der Waals surface area contributed by atoms with Gasteiger partial charge in [0.2, 0.25) is 0 Å². The fourth-order valence-electron chi connectivity index (χ4n) is 2.54. The molecule has 3 atom stereocenters. The minimum atomic E-state index is -4.06. The topological polar surface area (TPSA) is 83.8 Å². The normalized spacial score (nSPS) is 30.5. The molecule has 5 nitrogen and oxygen atoms in total. The molecule has 2 aliphatic rings. The van der Waals surface area contributed by atoms with Gasteiger partial charge in [0.25, 0.3) is 10.1 Å². The summed E-state index contributed by atoms with van der Waals surface area (Å²) >= 11 is 0. The van der Waals surface area contributed by atoms with Gasteiger partial charge < -0.3 is 9.84 Å². The van der Waals surface area contributed by atoms with Crippen molar-refractivity contribution >= 4 is 15.7 Å². The Balaban J connectivity index is 1.91. The second-order valence-corrected chi connectivity index (χ2v) is 6.18. The molecule has 2 heterocycles. The Labute approximate surface area is 104 Å². The largest absolute Gasteiger partial charge is 0.508 e. The van der Waals surface area contributed by atoms with Crippen molar-refractivity contribution in [3.8, 4) is 5.75 Å². The van der Waals surface area contributed by atoms with Gasteiger partial charge in [-0.3, -0.25) is 4.55 Å². The van der Waals surface area contributed by atoms with Gasteiger partial charge in [0, 0.05) is 0 Å². The van der Waals surface area contributed by atoms with Gasteiger partial charge in [-0.05, 0) is 35.8 Å². The average molecular weight is 268 g/mol. The summed E-state index contributed by atoms with van der Waals surface area (Å²) in [5.74, 6) is 0.180. The number of hydrogen-bond donors (Lipinski definition) is 2. The highest BCUT2D eigenvalue weighted by Crippen LogP contribution is 2.41. The molecule has 18 heavy (non-hydrogen) atoms. The Kier molecular flexibility index (Phi) is 2.48. The van der Waals surface area contributed by atoms with Crippen LogP contribution >= 0.6 is 0 Å². The number of rotatable bonds is 2. The van der Waals surface area contributed by atoms with Crippen LogP contribution < -0.4 is 0 Å². The molecule has 0 radical (unpaired) electrons. The van der Waals surface area contributed by atoms with Gasteiger partial charge >= 0.3 is 0 Å². The van der Waals surface area contributed by atoms with Gasteiger partial charge in [0.1, 0.15) is 11.0 Å². The molecule has 6 heteroatoms. The monoisotopic (exact) mass is 268 g/mol. The number of ether oxygens (including phenoxy) is 1. The highest BCUT2D eigenvalue weighted by molar-refractivity contribution is 7.86. The zero-order chi connectivity index (χ0) is 12.9. The summed E-state index contributed by atoms with van der Waals surface area (Å²) in [6, 6.07) is 6.66. The third-order valence-electron chi connectivity index (χ3n) is 3.41. The average Bonchev–Trinajstić information content (AvgIpc) is 2.88. The van der Waals surface area contributed by atoms with Crippen LogP contribution in [0.4, 0.5) is 0 Å². The first-order valence-electron chi connectivity index (χ1n) is 5.58. The van der Waals surface area contributed by atoms with Gasteiger partial charge in [-0.25, -0.2) is 0 Å². The molecule has 1 fully saturated rings. The second kappa shape index (κ2) is 3.81. The SMILES string of the molecule is O=S(=O)(O)C1CC2OC1C=C2c1ccc(O)cc1. The standard InChI is InChI=1S/C12H12O5S/c13-8-3-1-7(2-4-8)9-5-11-12(18(14,15)16)6-10(9)17-11/h1-5,10-13H,6H2,(H,14,15,16). The summed E-state index contributed by atoms with van der Waals surface area (Å²) in [6.45, 7) is 0. The molecule has 0 saturated carbocycles. The molecule has 3 unspecified atom stereocenters. The minimum Gasteiger partial charge on any atom is -0.508 e. The quantitative estimate of drug-likeness (QED) is 0.787. The van der Waals surface area contributed by atoms with E-state index in [0.29, 0.717) is 0 Å². The Morgan fingerprint density at radius 3 is 2.39 bits per heavy atom. The van der Waals surface area contributed by atoms with E-state index in [1.807, 2.05) is 0 Å². The van der Waals surface area contributed by atoms with Crippen molar-refractivity contribution in [1.29, 1.82) is 0 Å². The van der Waals surface area contributed by atoms with Gasteiger partial charge in [-0.2, -0.15) is 8.42 Å². The molecule has 1 aromatic rings. The molecule has 2 aliphatic heterocycles. The van der Waals surface area contributed by atoms with E-state index in [4.69, 9.17) is 9.29 Å². The lowest BCUT2D eigenvalue weighted by molar-refractivity contribution is 0.124. The zero-order valence-corrected chi connectivity index (χ0v) is 10.2. The first-order valence-corrected chi connectivity index (χ1v) is 7.08. The fraction of sp³-hybridized carbons (Fsp3) is 0.333. The van der Waals surface area contributed by atoms with E-state index in [9.17, 15) is 13.5 Å². The van der Waals surface area contributed by atoms with E-state index in [1.165, 1.54) is 0 Å². The Morgan fingerprint density at radius 2 is 1.89 bits per heavy atom. The first kappa shape index (κ1) is 11.7. The second-order valence-electron chi connectivity index (χ2n) is 4.55. The van der Waals surface area contributed by atoms with Crippen molar-refractivity contribution in [2.75, 3.05) is 0 Å². The molecule has 0 spiro atoms. The summed E-state index contributed by atoms with van der Waals surface area (Å²) in [7, 11) is -4.06. The molecule has 1 aromatic carbocycles. The highest BCUT2D eigenvalue weighted by atomic mass is 32.2.